The third kappa shape index (κ3) is 4.98. The van der Waals surface area contributed by atoms with Crippen molar-refractivity contribution < 1.29 is 9.53 Å². The lowest BCUT2D eigenvalue weighted by atomic mass is 9.87. The molecule has 0 saturated heterocycles. The Morgan fingerprint density at radius 3 is 2.54 bits per heavy atom. The number of benzene rings is 2. The van der Waals surface area contributed by atoms with E-state index in [1.54, 1.807) is 0 Å². The lowest BCUT2D eigenvalue weighted by molar-refractivity contribution is 0.125. The summed E-state index contributed by atoms with van der Waals surface area (Å²) in [6.45, 7) is 1.09. The Kier molecular flexibility index (Phi) is 5.72. The molecule has 0 radical (unpaired) electrons. The van der Waals surface area contributed by atoms with Crippen molar-refractivity contribution in [2.45, 2.75) is 38.1 Å². The van der Waals surface area contributed by atoms with Gasteiger partial charge in [-0.25, -0.2) is 4.79 Å². The van der Waals surface area contributed by atoms with E-state index >= 15 is 0 Å². The molecule has 4 nitrogen and oxygen atoms in total. The topological polar surface area (TPSA) is 50.4 Å². The average molecular weight is 345 g/mol. The Hall–Kier alpha value is -2.04. The van der Waals surface area contributed by atoms with Gasteiger partial charge in [0.25, 0.3) is 0 Å². The standard InChI is InChI=1S/C19H21ClN2O2/c20-16-8-4-7-15(9-16)12-21-17-10-18(11-17)22-19(23)24-13-14-5-2-1-3-6-14/h1-9,17-18,21H,10-13H2,(H,22,23). The lowest BCUT2D eigenvalue weighted by Crippen LogP contribution is -2.52. The van der Waals surface area contributed by atoms with Crippen LogP contribution < -0.4 is 10.6 Å². The number of rotatable bonds is 6. The van der Waals surface area contributed by atoms with Crippen molar-refractivity contribution in [3.63, 3.8) is 0 Å². The van der Waals surface area contributed by atoms with Crippen LogP contribution in [0, 0.1) is 0 Å². The maximum absolute atomic E-state index is 11.8. The molecule has 5 heteroatoms. The van der Waals surface area contributed by atoms with Crippen LogP contribution in [0.3, 0.4) is 0 Å². The molecule has 24 heavy (non-hydrogen) atoms. The number of amides is 1. The van der Waals surface area contributed by atoms with Gasteiger partial charge in [0.15, 0.2) is 0 Å². The molecular formula is C19H21ClN2O2. The summed E-state index contributed by atoms with van der Waals surface area (Å²) in [6, 6.07) is 18.1. The quantitative estimate of drug-likeness (QED) is 0.836. The highest BCUT2D eigenvalue weighted by atomic mass is 35.5. The molecule has 2 aromatic carbocycles. The molecule has 1 amide bonds. The Balaban J connectivity index is 1.31. The highest BCUT2D eigenvalue weighted by Crippen LogP contribution is 2.21. The van der Waals surface area contributed by atoms with E-state index in [4.69, 9.17) is 16.3 Å². The van der Waals surface area contributed by atoms with Gasteiger partial charge in [-0.1, -0.05) is 54.1 Å². The van der Waals surface area contributed by atoms with Crippen LogP contribution in [0.15, 0.2) is 54.6 Å². The summed E-state index contributed by atoms with van der Waals surface area (Å²) in [6.07, 6.45) is 1.49. The molecule has 1 aliphatic carbocycles. The molecule has 0 bridgehead atoms. The average Bonchev–Trinajstić information content (AvgIpc) is 2.56. The number of ether oxygens (including phenoxy) is 1. The van der Waals surface area contributed by atoms with E-state index in [-0.39, 0.29) is 12.1 Å². The normalized spacial score (nSPS) is 19.4. The Morgan fingerprint density at radius 2 is 1.79 bits per heavy atom. The van der Waals surface area contributed by atoms with Crippen molar-refractivity contribution in [1.29, 1.82) is 0 Å². The van der Waals surface area contributed by atoms with Crippen molar-refractivity contribution >= 4 is 17.7 Å². The number of carbonyl (C=O) groups excluding carboxylic acids is 1. The number of nitrogens with one attached hydrogen (secondary N) is 2. The molecule has 1 saturated carbocycles. The van der Waals surface area contributed by atoms with Crippen LogP contribution in [0.25, 0.3) is 0 Å². The number of carbonyl (C=O) groups is 1. The molecule has 0 heterocycles. The predicted molar refractivity (Wildman–Crippen MR) is 94.9 cm³/mol. The van der Waals surface area contributed by atoms with E-state index in [0.717, 1.165) is 30.0 Å². The summed E-state index contributed by atoms with van der Waals surface area (Å²) in [5, 5.41) is 7.13. The van der Waals surface area contributed by atoms with E-state index in [1.165, 1.54) is 5.56 Å². The van der Waals surface area contributed by atoms with Gasteiger partial charge < -0.3 is 15.4 Å². The van der Waals surface area contributed by atoms with Crippen molar-refractivity contribution in [2.75, 3.05) is 0 Å². The van der Waals surface area contributed by atoms with Gasteiger partial charge in [-0.15, -0.1) is 0 Å². The van der Waals surface area contributed by atoms with Crippen LogP contribution in [0.1, 0.15) is 24.0 Å². The molecule has 1 aliphatic rings. The van der Waals surface area contributed by atoms with Gasteiger partial charge in [-0.3, -0.25) is 0 Å². The van der Waals surface area contributed by atoms with Crippen molar-refractivity contribution in [3.05, 3.63) is 70.7 Å². The molecule has 0 aromatic heterocycles. The maximum Gasteiger partial charge on any atom is 0.407 e. The Bertz CT molecular complexity index is 672. The van der Waals surface area contributed by atoms with Gasteiger partial charge in [0, 0.05) is 23.7 Å². The fraction of sp³-hybridized carbons (Fsp3) is 0.316. The first-order valence-electron chi connectivity index (χ1n) is 8.14. The number of hydrogen-bond donors (Lipinski definition) is 2. The van der Waals surface area contributed by atoms with Crippen LogP contribution in [-0.4, -0.2) is 18.2 Å². The molecule has 0 unspecified atom stereocenters. The SMILES string of the molecule is O=C(NC1CC(NCc2cccc(Cl)c2)C1)OCc1ccccc1. The van der Waals surface area contributed by atoms with Crippen LogP contribution in [0.4, 0.5) is 4.79 Å². The van der Waals surface area contributed by atoms with Crippen LogP contribution in [0.5, 0.6) is 0 Å². The molecule has 3 rings (SSSR count). The first-order valence-corrected chi connectivity index (χ1v) is 8.52. The minimum absolute atomic E-state index is 0.185. The first-order chi connectivity index (χ1) is 11.7. The molecule has 0 atom stereocenters. The molecule has 126 valence electrons. The van der Waals surface area contributed by atoms with Crippen molar-refractivity contribution in [2.24, 2.45) is 0 Å². The molecule has 2 aromatic rings. The Morgan fingerprint density at radius 1 is 1.04 bits per heavy atom. The smallest absolute Gasteiger partial charge is 0.407 e. The zero-order valence-electron chi connectivity index (χ0n) is 13.4. The zero-order chi connectivity index (χ0) is 16.8. The summed E-state index contributed by atoms with van der Waals surface area (Å²) in [5.74, 6) is 0. The van der Waals surface area contributed by atoms with Crippen molar-refractivity contribution in [3.8, 4) is 0 Å². The number of halogens is 1. The van der Waals surface area contributed by atoms with E-state index in [0.29, 0.717) is 12.6 Å². The van der Waals surface area contributed by atoms with Crippen LogP contribution in [0.2, 0.25) is 5.02 Å². The van der Waals surface area contributed by atoms with Gasteiger partial charge in [0.05, 0.1) is 0 Å². The van der Waals surface area contributed by atoms with Gasteiger partial charge in [-0.05, 0) is 36.1 Å². The van der Waals surface area contributed by atoms with Crippen LogP contribution in [-0.2, 0) is 17.9 Å². The molecule has 0 aliphatic heterocycles. The molecule has 2 N–H and O–H groups in total. The maximum atomic E-state index is 11.8. The fourth-order valence-electron chi connectivity index (χ4n) is 2.74. The lowest BCUT2D eigenvalue weighted by Gasteiger charge is -2.36. The second-order valence-electron chi connectivity index (χ2n) is 6.08. The van der Waals surface area contributed by atoms with Gasteiger partial charge in [0.2, 0.25) is 0 Å². The highest BCUT2D eigenvalue weighted by Gasteiger charge is 2.30. The molecule has 1 fully saturated rings. The fourth-order valence-corrected chi connectivity index (χ4v) is 2.96. The predicted octanol–water partition coefficient (Wildman–Crippen LogP) is 3.89. The summed E-state index contributed by atoms with van der Waals surface area (Å²) < 4.78 is 5.23. The number of hydrogen-bond acceptors (Lipinski definition) is 3. The first kappa shape index (κ1) is 16.8. The van der Waals surface area contributed by atoms with Gasteiger partial charge >= 0.3 is 6.09 Å². The Labute approximate surface area is 147 Å². The zero-order valence-corrected chi connectivity index (χ0v) is 14.1. The van der Waals surface area contributed by atoms with E-state index in [9.17, 15) is 4.79 Å². The molecule has 0 spiro atoms. The minimum Gasteiger partial charge on any atom is -0.445 e. The van der Waals surface area contributed by atoms with Gasteiger partial charge in [0.1, 0.15) is 6.61 Å². The van der Waals surface area contributed by atoms with E-state index < -0.39 is 0 Å². The highest BCUT2D eigenvalue weighted by molar-refractivity contribution is 6.30. The van der Waals surface area contributed by atoms with E-state index in [1.807, 2.05) is 54.6 Å². The second kappa shape index (κ2) is 8.18. The summed E-state index contributed by atoms with van der Waals surface area (Å²) in [4.78, 5) is 11.8. The van der Waals surface area contributed by atoms with Crippen molar-refractivity contribution in [1.82, 2.24) is 10.6 Å². The summed E-state index contributed by atoms with van der Waals surface area (Å²) in [7, 11) is 0. The third-order valence-electron chi connectivity index (χ3n) is 4.16. The second-order valence-corrected chi connectivity index (χ2v) is 6.52. The minimum atomic E-state index is -0.350. The monoisotopic (exact) mass is 344 g/mol. The van der Waals surface area contributed by atoms with Crippen LogP contribution >= 0.6 is 11.6 Å². The summed E-state index contributed by atoms with van der Waals surface area (Å²) in [5.41, 5.74) is 2.16. The third-order valence-corrected chi connectivity index (χ3v) is 4.39. The summed E-state index contributed by atoms with van der Waals surface area (Å²) >= 11 is 5.97. The van der Waals surface area contributed by atoms with E-state index in [2.05, 4.69) is 10.6 Å². The molecular weight excluding hydrogens is 324 g/mol. The number of alkyl carbamates (subject to hydrolysis) is 1. The largest absolute Gasteiger partial charge is 0.445 e. The van der Waals surface area contributed by atoms with Gasteiger partial charge in [-0.2, -0.15) is 0 Å².